The number of nitrogens with zero attached hydrogens (tertiary/aromatic N) is 4. The quantitative estimate of drug-likeness (QED) is 0.837. The Kier molecular flexibility index (Phi) is 3.09. The van der Waals surface area contributed by atoms with Gasteiger partial charge in [-0.2, -0.15) is 0 Å². The van der Waals surface area contributed by atoms with E-state index in [0.29, 0.717) is 6.04 Å². The molecule has 0 bridgehead atoms. The third-order valence-corrected chi connectivity index (χ3v) is 3.97. The van der Waals surface area contributed by atoms with Crippen molar-refractivity contribution >= 4 is 0 Å². The molecule has 1 aromatic rings. The van der Waals surface area contributed by atoms with Crippen LogP contribution in [0.1, 0.15) is 44.9 Å². The molecule has 0 amide bonds. The molecule has 1 aromatic heterocycles. The lowest BCUT2D eigenvalue weighted by atomic mass is 10.1. The molecule has 17 heavy (non-hydrogen) atoms. The first-order valence-corrected chi connectivity index (χ1v) is 6.79. The van der Waals surface area contributed by atoms with Gasteiger partial charge in [0.1, 0.15) is 0 Å². The second-order valence-corrected chi connectivity index (χ2v) is 5.72. The summed E-state index contributed by atoms with van der Waals surface area (Å²) in [7, 11) is 0. The monoisotopic (exact) mass is 235 g/mol. The van der Waals surface area contributed by atoms with Crippen LogP contribution in [-0.4, -0.2) is 26.2 Å². The Balaban J connectivity index is 1.56. The minimum atomic E-state index is 0.714. The van der Waals surface area contributed by atoms with E-state index in [2.05, 4.69) is 27.8 Å². The fourth-order valence-electron chi connectivity index (χ4n) is 2.75. The summed E-state index contributed by atoms with van der Waals surface area (Å²) in [5.74, 6) is 2.65. The van der Waals surface area contributed by atoms with Crippen LogP contribution in [0.2, 0.25) is 0 Å². The van der Waals surface area contributed by atoms with Gasteiger partial charge in [0.2, 0.25) is 0 Å². The number of aromatic nitrogens is 4. The van der Waals surface area contributed by atoms with Crippen LogP contribution >= 0.6 is 0 Å². The molecule has 0 spiro atoms. The largest absolute Gasteiger partial charge is 0.307 e. The molecule has 0 radical (unpaired) electrons. The number of hydrogen-bond donors (Lipinski definition) is 1. The summed E-state index contributed by atoms with van der Waals surface area (Å²) in [6.07, 6.45) is 6.64. The van der Waals surface area contributed by atoms with E-state index in [0.717, 1.165) is 30.7 Å². The maximum Gasteiger partial charge on any atom is 0.165 e. The van der Waals surface area contributed by atoms with Crippen molar-refractivity contribution in [1.29, 1.82) is 0 Å². The van der Waals surface area contributed by atoms with Crippen molar-refractivity contribution in [3.63, 3.8) is 0 Å². The Morgan fingerprint density at radius 1 is 1.29 bits per heavy atom. The zero-order valence-electron chi connectivity index (χ0n) is 10.5. The van der Waals surface area contributed by atoms with E-state index in [9.17, 15) is 0 Å². The summed E-state index contributed by atoms with van der Waals surface area (Å²) in [6.45, 7) is 4.16. The van der Waals surface area contributed by atoms with E-state index >= 15 is 0 Å². The van der Waals surface area contributed by atoms with Crippen LogP contribution in [0.15, 0.2) is 0 Å². The van der Waals surface area contributed by atoms with Gasteiger partial charge in [-0.25, -0.2) is 4.68 Å². The van der Waals surface area contributed by atoms with Crippen molar-refractivity contribution in [3.05, 3.63) is 5.82 Å². The number of tetrazole rings is 1. The molecule has 2 aliphatic carbocycles. The summed E-state index contributed by atoms with van der Waals surface area (Å²) in [5, 5.41) is 15.5. The van der Waals surface area contributed by atoms with Crippen LogP contribution in [0.3, 0.4) is 0 Å². The molecule has 3 rings (SSSR count). The van der Waals surface area contributed by atoms with E-state index < -0.39 is 0 Å². The number of hydrogen-bond acceptors (Lipinski definition) is 4. The van der Waals surface area contributed by atoms with Gasteiger partial charge < -0.3 is 5.32 Å². The summed E-state index contributed by atoms with van der Waals surface area (Å²) >= 11 is 0. The average molecular weight is 235 g/mol. The van der Waals surface area contributed by atoms with Crippen LogP contribution in [0.25, 0.3) is 0 Å². The van der Waals surface area contributed by atoms with E-state index in [-0.39, 0.29) is 0 Å². The minimum absolute atomic E-state index is 0.714. The van der Waals surface area contributed by atoms with Crippen molar-refractivity contribution in [2.75, 3.05) is 0 Å². The van der Waals surface area contributed by atoms with Gasteiger partial charge in [0.15, 0.2) is 5.82 Å². The molecule has 2 unspecified atom stereocenters. The molecule has 1 heterocycles. The fraction of sp³-hybridized carbons (Fsp3) is 0.917. The molecule has 0 aromatic carbocycles. The third kappa shape index (κ3) is 2.83. The molecule has 0 aliphatic heterocycles. The van der Waals surface area contributed by atoms with Crippen LogP contribution in [-0.2, 0) is 13.1 Å². The second kappa shape index (κ2) is 4.72. The van der Waals surface area contributed by atoms with Gasteiger partial charge in [0.25, 0.3) is 0 Å². The molecule has 2 aliphatic rings. The zero-order valence-corrected chi connectivity index (χ0v) is 10.5. The van der Waals surface area contributed by atoms with E-state index in [1.807, 2.05) is 4.68 Å². The molecule has 5 heteroatoms. The van der Waals surface area contributed by atoms with E-state index in [1.54, 1.807) is 0 Å². The molecule has 2 fully saturated rings. The van der Waals surface area contributed by atoms with Crippen LogP contribution < -0.4 is 5.32 Å². The lowest BCUT2D eigenvalue weighted by Gasteiger charge is -2.10. The highest BCUT2D eigenvalue weighted by molar-refractivity contribution is 4.87. The van der Waals surface area contributed by atoms with E-state index in [1.165, 1.54) is 32.1 Å². The second-order valence-electron chi connectivity index (χ2n) is 5.72. The van der Waals surface area contributed by atoms with Crippen molar-refractivity contribution in [1.82, 2.24) is 25.5 Å². The van der Waals surface area contributed by atoms with E-state index in [4.69, 9.17) is 0 Å². The Hall–Kier alpha value is -0.970. The van der Waals surface area contributed by atoms with Gasteiger partial charge in [-0.05, 0) is 47.9 Å². The van der Waals surface area contributed by atoms with Crippen LogP contribution in [0.4, 0.5) is 0 Å². The summed E-state index contributed by atoms with van der Waals surface area (Å²) in [4.78, 5) is 0. The molecule has 1 N–H and O–H groups in total. The Morgan fingerprint density at radius 2 is 2.18 bits per heavy atom. The SMILES string of the molecule is CC1CCC(Cn2nnnc2CNC2CC2)C1. The third-order valence-electron chi connectivity index (χ3n) is 3.97. The smallest absolute Gasteiger partial charge is 0.165 e. The first kappa shape index (κ1) is 11.1. The molecule has 94 valence electrons. The standard InChI is InChI=1S/C12H21N5/c1-9-2-3-10(6-9)8-17-12(14-15-16-17)7-13-11-4-5-11/h9-11,13H,2-8H2,1H3. The van der Waals surface area contributed by atoms with Crippen molar-refractivity contribution in [3.8, 4) is 0 Å². The minimum Gasteiger partial charge on any atom is -0.307 e. The van der Waals surface area contributed by atoms with Gasteiger partial charge in [0, 0.05) is 12.6 Å². The first-order chi connectivity index (χ1) is 8.31. The predicted octanol–water partition coefficient (Wildman–Crippen LogP) is 1.36. The highest BCUT2D eigenvalue weighted by Crippen LogP contribution is 2.31. The Bertz CT molecular complexity index is 371. The lowest BCUT2D eigenvalue weighted by Crippen LogP contribution is -2.21. The summed E-state index contributed by atoms with van der Waals surface area (Å²) in [6, 6.07) is 0.714. The lowest BCUT2D eigenvalue weighted by molar-refractivity contribution is 0.397. The Morgan fingerprint density at radius 3 is 2.88 bits per heavy atom. The van der Waals surface area contributed by atoms with Crippen LogP contribution in [0.5, 0.6) is 0 Å². The van der Waals surface area contributed by atoms with Crippen molar-refractivity contribution < 1.29 is 0 Å². The maximum absolute atomic E-state index is 4.12. The Labute approximate surface area is 102 Å². The normalized spacial score (nSPS) is 28.8. The summed E-state index contributed by atoms with van der Waals surface area (Å²) < 4.78 is 2.00. The average Bonchev–Trinajstić information content (AvgIpc) is 2.90. The van der Waals surface area contributed by atoms with Gasteiger partial charge >= 0.3 is 0 Å². The topological polar surface area (TPSA) is 55.6 Å². The van der Waals surface area contributed by atoms with Gasteiger partial charge in [0.05, 0.1) is 6.54 Å². The highest BCUT2D eigenvalue weighted by Gasteiger charge is 2.24. The van der Waals surface area contributed by atoms with Crippen LogP contribution in [0, 0.1) is 11.8 Å². The first-order valence-electron chi connectivity index (χ1n) is 6.79. The van der Waals surface area contributed by atoms with Gasteiger partial charge in [-0.15, -0.1) is 5.10 Å². The van der Waals surface area contributed by atoms with Crippen molar-refractivity contribution in [2.24, 2.45) is 11.8 Å². The maximum atomic E-state index is 4.12. The highest BCUT2D eigenvalue weighted by atomic mass is 15.5. The number of nitrogens with one attached hydrogen (secondary N) is 1. The predicted molar refractivity (Wildman–Crippen MR) is 64.2 cm³/mol. The molecular formula is C12H21N5. The molecule has 2 atom stereocenters. The fourth-order valence-corrected chi connectivity index (χ4v) is 2.75. The number of rotatable bonds is 5. The molecule has 0 saturated heterocycles. The van der Waals surface area contributed by atoms with Gasteiger partial charge in [-0.1, -0.05) is 13.3 Å². The summed E-state index contributed by atoms with van der Waals surface area (Å²) in [5.41, 5.74) is 0. The molecular weight excluding hydrogens is 214 g/mol. The molecule has 5 nitrogen and oxygen atoms in total. The molecule has 2 saturated carbocycles. The van der Waals surface area contributed by atoms with Gasteiger partial charge in [-0.3, -0.25) is 0 Å². The zero-order chi connectivity index (χ0) is 11.7. The van der Waals surface area contributed by atoms with Crippen molar-refractivity contribution in [2.45, 2.75) is 58.2 Å².